The third kappa shape index (κ3) is 3.26. The van der Waals surface area contributed by atoms with Gasteiger partial charge in [-0.15, -0.1) is 0 Å². The van der Waals surface area contributed by atoms with Crippen molar-refractivity contribution in [1.82, 2.24) is 15.2 Å². The van der Waals surface area contributed by atoms with Crippen molar-refractivity contribution in [2.75, 3.05) is 20.1 Å². The van der Waals surface area contributed by atoms with Crippen LogP contribution in [0, 0.1) is 0 Å². The third-order valence-corrected chi connectivity index (χ3v) is 3.95. The van der Waals surface area contributed by atoms with Gasteiger partial charge in [0.15, 0.2) is 0 Å². The lowest BCUT2D eigenvalue weighted by atomic mass is 10.2. The lowest BCUT2D eigenvalue weighted by Gasteiger charge is -2.13. The maximum Gasteiger partial charge on any atom is 0.0684 e. The molecule has 3 nitrogen and oxygen atoms in total. The van der Waals surface area contributed by atoms with Crippen molar-refractivity contribution in [2.45, 2.75) is 19.0 Å². The van der Waals surface area contributed by atoms with E-state index in [1.54, 1.807) is 0 Å². The second-order valence-corrected chi connectivity index (χ2v) is 5.98. The summed E-state index contributed by atoms with van der Waals surface area (Å²) < 4.78 is 2.06. The van der Waals surface area contributed by atoms with Gasteiger partial charge in [0.1, 0.15) is 0 Å². The molecule has 1 N–H and O–H groups in total. The van der Waals surface area contributed by atoms with E-state index in [0.29, 0.717) is 6.04 Å². The first-order valence-corrected chi connectivity index (χ1v) is 6.95. The van der Waals surface area contributed by atoms with E-state index in [1.165, 1.54) is 13.0 Å². The monoisotopic (exact) mass is 347 g/mol. The van der Waals surface area contributed by atoms with Crippen LogP contribution in [0.1, 0.15) is 12.1 Å². The number of likely N-dealkylation sites (tertiary alicyclic amines) is 1. The fourth-order valence-corrected chi connectivity index (χ4v) is 3.04. The molecule has 0 amide bonds. The number of halogens is 2. The van der Waals surface area contributed by atoms with Crippen LogP contribution in [0.2, 0.25) is 0 Å². The standard InChI is InChI=1S/C11H15Br2N3/c1-16-3-2-9(7-16)14-6-11-10(13)4-8(12)5-15-11/h4-5,9,14H,2-3,6-7H2,1H3. The molecule has 2 heterocycles. The molecule has 0 aliphatic carbocycles. The zero-order chi connectivity index (χ0) is 11.5. The maximum absolute atomic E-state index is 4.39. The molecule has 0 bridgehead atoms. The van der Waals surface area contributed by atoms with Gasteiger partial charge in [0.05, 0.1) is 5.69 Å². The predicted molar refractivity (Wildman–Crippen MR) is 72.4 cm³/mol. The van der Waals surface area contributed by atoms with Crippen molar-refractivity contribution in [2.24, 2.45) is 0 Å². The second-order valence-electron chi connectivity index (χ2n) is 4.21. The van der Waals surface area contributed by atoms with Crippen LogP contribution in [-0.4, -0.2) is 36.1 Å². The quantitative estimate of drug-likeness (QED) is 0.909. The van der Waals surface area contributed by atoms with Crippen LogP contribution in [0.15, 0.2) is 21.2 Å². The summed E-state index contributed by atoms with van der Waals surface area (Å²) in [4.78, 5) is 6.74. The topological polar surface area (TPSA) is 28.2 Å². The van der Waals surface area contributed by atoms with Gasteiger partial charge in [-0.2, -0.15) is 0 Å². The first-order valence-electron chi connectivity index (χ1n) is 5.37. The van der Waals surface area contributed by atoms with Crippen LogP contribution in [-0.2, 0) is 6.54 Å². The number of likely N-dealkylation sites (N-methyl/N-ethyl adjacent to an activating group) is 1. The fraction of sp³-hybridized carbons (Fsp3) is 0.545. The molecule has 1 fully saturated rings. The van der Waals surface area contributed by atoms with E-state index in [2.05, 4.69) is 54.1 Å². The Balaban J connectivity index is 1.89. The van der Waals surface area contributed by atoms with Gasteiger partial charge in [-0.3, -0.25) is 4.98 Å². The summed E-state index contributed by atoms with van der Waals surface area (Å²) >= 11 is 6.93. The van der Waals surface area contributed by atoms with Gasteiger partial charge in [0.2, 0.25) is 0 Å². The van der Waals surface area contributed by atoms with Crippen LogP contribution < -0.4 is 5.32 Å². The van der Waals surface area contributed by atoms with E-state index in [0.717, 1.165) is 27.7 Å². The van der Waals surface area contributed by atoms with Crippen LogP contribution in [0.25, 0.3) is 0 Å². The van der Waals surface area contributed by atoms with Crippen LogP contribution >= 0.6 is 31.9 Å². The molecule has 5 heteroatoms. The van der Waals surface area contributed by atoms with Gasteiger partial charge in [-0.25, -0.2) is 0 Å². The molecule has 0 radical (unpaired) electrons. The SMILES string of the molecule is CN1CCC(NCc2ncc(Br)cc2Br)C1. The summed E-state index contributed by atoms with van der Waals surface area (Å²) in [6, 6.07) is 2.63. The lowest BCUT2D eigenvalue weighted by molar-refractivity contribution is 0.397. The third-order valence-electron chi connectivity index (χ3n) is 2.83. The zero-order valence-corrected chi connectivity index (χ0v) is 12.4. The lowest BCUT2D eigenvalue weighted by Crippen LogP contribution is -2.31. The molecule has 1 unspecified atom stereocenters. The molecule has 1 aliphatic rings. The van der Waals surface area contributed by atoms with E-state index in [4.69, 9.17) is 0 Å². The van der Waals surface area contributed by atoms with E-state index < -0.39 is 0 Å². The minimum atomic E-state index is 0.599. The minimum absolute atomic E-state index is 0.599. The number of hydrogen-bond acceptors (Lipinski definition) is 3. The van der Waals surface area contributed by atoms with Gasteiger partial charge in [-0.05, 0) is 57.9 Å². The summed E-state index contributed by atoms with van der Waals surface area (Å²) in [5, 5.41) is 3.54. The van der Waals surface area contributed by atoms with Crippen molar-refractivity contribution < 1.29 is 0 Å². The Hall–Kier alpha value is 0.0300. The van der Waals surface area contributed by atoms with Crippen LogP contribution in [0.4, 0.5) is 0 Å². The molecule has 0 spiro atoms. The maximum atomic E-state index is 4.39. The average Bonchev–Trinajstić information content (AvgIpc) is 2.63. The van der Waals surface area contributed by atoms with Crippen molar-refractivity contribution in [3.8, 4) is 0 Å². The molecule has 1 aromatic rings. The van der Waals surface area contributed by atoms with E-state index >= 15 is 0 Å². The molecule has 1 atom stereocenters. The zero-order valence-electron chi connectivity index (χ0n) is 9.21. The summed E-state index contributed by atoms with van der Waals surface area (Å²) in [5.41, 5.74) is 1.07. The number of rotatable bonds is 3. The minimum Gasteiger partial charge on any atom is -0.307 e. The average molecular weight is 349 g/mol. The highest BCUT2D eigenvalue weighted by Gasteiger charge is 2.18. The Bertz CT molecular complexity index is 370. The Kier molecular flexibility index (Phi) is 4.35. The van der Waals surface area contributed by atoms with Crippen molar-refractivity contribution in [3.63, 3.8) is 0 Å². The summed E-state index contributed by atoms with van der Waals surface area (Å²) in [6.45, 7) is 3.15. The summed E-state index contributed by atoms with van der Waals surface area (Å²) in [5.74, 6) is 0. The molecule has 0 saturated carbocycles. The number of hydrogen-bond donors (Lipinski definition) is 1. The second kappa shape index (κ2) is 5.58. The molecule has 16 heavy (non-hydrogen) atoms. The highest BCUT2D eigenvalue weighted by atomic mass is 79.9. The van der Waals surface area contributed by atoms with Gasteiger partial charge in [0, 0.05) is 34.3 Å². The Morgan fingerprint density at radius 2 is 2.38 bits per heavy atom. The van der Waals surface area contributed by atoms with Gasteiger partial charge < -0.3 is 10.2 Å². The van der Waals surface area contributed by atoms with E-state index in [9.17, 15) is 0 Å². The molecular formula is C11H15Br2N3. The van der Waals surface area contributed by atoms with Gasteiger partial charge in [-0.1, -0.05) is 0 Å². The summed E-state index contributed by atoms with van der Waals surface area (Å²) in [7, 11) is 2.16. The summed E-state index contributed by atoms with van der Waals surface area (Å²) in [6.07, 6.45) is 3.06. The normalized spacial score (nSPS) is 21.6. The highest BCUT2D eigenvalue weighted by Crippen LogP contribution is 2.19. The largest absolute Gasteiger partial charge is 0.307 e. The molecule has 0 aromatic carbocycles. The molecule has 1 saturated heterocycles. The number of pyridine rings is 1. The van der Waals surface area contributed by atoms with Crippen LogP contribution in [0.5, 0.6) is 0 Å². The Morgan fingerprint density at radius 3 is 3.00 bits per heavy atom. The van der Waals surface area contributed by atoms with Crippen molar-refractivity contribution in [3.05, 3.63) is 26.9 Å². The molecule has 88 valence electrons. The van der Waals surface area contributed by atoms with E-state index in [-0.39, 0.29) is 0 Å². The molecule has 1 aliphatic heterocycles. The Morgan fingerprint density at radius 1 is 1.56 bits per heavy atom. The number of aromatic nitrogens is 1. The first kappa shape index (κ1) is 12.5. The van der Waals surface area contributed by atoms with Crippen molar-refractivity contribution in [1.29, 1.82) is 0 Å². The molecule has 1 aromatic heterocycles. The van der Waals surface area contributed by atoms with Gasteiger partial charge in [0.25, 0.3) is 0 Å². The fourth-order valence-electron chi connectivity index (χ4n) is 1.92. The number of nitrogens with one attached hydrogen (secondary N) is 1. The highest BCUT2D eigenvalue weighted by molar-refractivity contribution is 9.11. The van der Waals surface area contributed by atoms with Gasteiger partial charge >= 0.3 is 0 Å². The van der Waals surface area contributed by atoms with E-state index in [1.807, 2.05) is 12.3 Å². The smallest absolute Gasteiger partial charge is 0.0684 e. The first-order chi connectivity index (χ1) is 7.65. The van der Waals surface area contributed by atoms with Crippen molar-refractivity contribution >= 4 is 31.9 Å². The molecular weight excluding hydrogens is 334 g/mol. The van der Waals surface area contributed by atoms with Crippen LogP contribution in [0.3, 0.4) is 0 Å². The number of nitrogens with zero attached hydrogens (tertiary/aromatic N) is 2. The Labute approximate surface area is 113 Å². The molecule has 2 rings (SSSR count). The predicted octanol–water partition coefficient (Wildman–Crippen LogP) is 2.40.